The van der Waals surface area contributed by atoms with E-state index in [0.717, 1.165) is 25.2 Å². The quantitative estimate of drug-likeness (QED) is 0.864. The van der Waals surface area contributed by atoms with Crippen LogP contribution in [0, 0.1) is 5.92 Å². The maximum Gasteiger partial charge on any atom is 0.417 e. The molecular formula is C18H27F3N4O. The zero-order chi connectivity index (χ0) is 19.3. The van der Waals surface area contributed by atoms with Gasteiger partial charge in [-0.1, -0.05) is 13.8 Å². The van der Waals surface area contributed by atoms with Crippen LogP contribution in [0.1, 0.15) is 32.8 Å². The number of rotatable bonds is 5. The van der Waals surface area contributed by atoms with Crippen molar-refractivity contribution in [3.63, 3.8) is 0 Å². The number of alkyl halides is 3. The van der Waals surface area contributed by atoms with Crippen molar-refractivity contribution in [2.24, 2.45) is 5.92 Å². The summed E-state index contributed by atoms with van der Waals surface area (Å²) in [7, 11) is 0. The molecule has 0 unspecified atom stereocenters. The largest absolute Gasteiger partial charge is 0.417 e. The number of anilines is 1. The Kier molecular flexibility index (Phi) is 6.86. The van der Waals surface area contributed by atoms with Gasteiger partial charge in [0.2, 0.25) is 5.91 Å². The Balaban J connectivity index is 1.94. The van der Waals surface area contributed by atoms with Gasteiger partial charge in [0, 0.05) is 38.9 Å². The molecule has 0 spiro atoms. The van der Waals surface area contributed by atoms with E-state index in [-0.39, 0.29) is 11.9 Å². The SMILES string of the molecule is CC(C)CNC(=O)[C@@H](C)N1CCCN(c2ccc(C(F)(F)F)cn2)CC1. The fourth-order valence-electron chi connectivity index (χ4n) is 2.91. The van der Waals surface area contributed by atoms with Gasteiger partial charge in [0.25, 0.3) is 0 Å². The van der Waals surface area contributed by atoms with E-state index in [0.29, 0.717) is 37.9 Å². The number of hydrogen-bond acceptors (Lipinski definition) is 4. The standard InChI is InChI=1S/C18H27F3N4O/c1-13(2)11-23-17(26)14(3)24-7-4-8-25(10-9-24)16-6-5-15(12-22-16)18(19,20)21/h5-6,12-14H,4,7-11H2,1-3H3,(H,23,26)/t14-/m1/s1. The molecule has 0 radical (unpaired) electrons. The Morgan fingerprint density at radius 2 is 1.92 bits per heavy atom. The van der Waals surface area contributed by atoms with Gasteiger partial charge in [-0.3, -0.25) is 9.69 Å². The van der Waals surface area contributed by atoms with Gasteiger partial charge in [-0.2, -0.15) is 13.2 Å². The van der Waals surface area contributed by atoms with Crippen LogP contribution in [0.15, 0.2) is 18.3 Å². The molecular weight excluding hydrogens is 345 g/mol. The third kappa shape index (κ3) is 5.59. The summed E-state index contributed by atoms with van der Waals surface area (Å²) in [6.07, 6.45) is -2.68. The van der Waals surface area contributed by atoms with Gasteiger partial charge in [0.05, 0.1) is 11.6 Å². The zero-order valence-corrected chi connectivity index (χ0v) is 15.5. The van der Waals surface area contributed by atoms with Crippen LogP contribution in [0.3, 0.4) is 0 Å². The number of aromatic nitrogens is 1. The van der Waals surface area contributed by atoms with E-state index in [4.69, 9.17) is 0 Å². The molecule has 26 heavy (non-hydrogen) atoms. The lowest BCUT2D eigenvalue weighted by atomic mass is 10.2. The third-order valence-electron chi connectivity index (χ3n) is 4.54. The second kappa shape index (κ2) is 8.70. The second-order valence-electron chi connectivity index (χ2n) is 7.09. The van der Waals surface area contributed by atoms with Gasteiger partial charge >= 0.3 is 6.18 Å². The molecule has 2 heterocycles. The van der Waals surface area contributed by atoms with E-state index >= 15 is 0 Å². The van der Waals surface area contributed by atoms with Gasteiger partial charge in [0.15, 0.2) is 0 Å². The molecule has 1 fully saturated rings. The van der Waals surface area contributed by atoms with E-state index in [1.54, 1.807) is 0 Å². The first-order valence-corrected chi connectivity index (χ1v) is 8.98. The average Bonchev–Trinajstić information content (AvgIpc) is 2.84. The fourth-order valence-corrected chi connectivity index (χ4v) is 2.91. The fraction of sp³-hybridized carbons (Fsp3) is 0.667. The Labute approximate surface area is 152 Å². The molecule has 0 bridgehead atoms. The van der Waals surface area contributed by atoms with Gasteiger partial charge in [-0.15, -0.1) is 0 Å². The minimum atomic E-state index is -4.38. The highest BCUT2D eigenvalue weighted by Crippen LogP contribution is 2.29. The maximum atomic E-state index is 12.7. The summed E-state index contributed by atoms with van der Waals surface area (Å²) in [5, 5.41) is 2.95. The molecule has 1 saturated heterocycles. The van der Waals surface area contributed by atoms with Crippen LogP contribution in [0.2, 0.25) is 0 Å². The first kappa shape index (κ1) is 20.5. The molecule has 0 aromatic carbocycles. The van der Waals surface area contributed by atoms with Crippen molar-refractivity contribution >= 4 is 11.7 Å². The first-order chi connectivity index (χ1) is 12.2. The Bertz CT molecular complexity index is 589. The topological polar surface area (TPSA) is 48.5 Å². The number of carbonyl (C=O) groups excluding carboxylic acids is 1. The molecule has 1 aromatic rings. The van der Waals surface area contributed by atoms with E-state index in [1.165, 1.54) is 6.07 Å². The van der Waals surface area contributed by atoms with Gasteiger partial charge in [-0.05, 0) is 31.4 Å². The summed E-state index contributed by atoms with van der Waals surface area (Å²) < 4.78 is 38.0. The molecule has 1 aliphatic heterocycles. The van der Waals surface area contributed by atoms with Crippen molar-refractivity contribution in [1.82, 2.24) is 15.2 Å². The summed E-state index contributed by atoms with van der Waals surface area (Å²) in [4.78, 5) is 20.3. The molecule has 146 valence electrons. The molecule has 1 aliphatic rings. The van der Waals surface area contributed by atoms with Crippen molar-refractivity contribution in [1.29, 1.82) is 0 Å². The summed E-state index contributed by atoms with van der Waals surface area (Å²) in [6, 6.07) is 2.25. The van der Waals surface area contributed by atoms with E-state index in [2.05, 4.69) is 15.2 Å². The van der Waals surface area contributed by atoms with Gasteiger partial charge < -0.3 is 10.2 Å². The number of nitrogens with zero attached hydrogens (tertiary/aromatic N) is 3. The summed E-state index contributed by atoms with van der Waals surface area (Å²) >= 11 is 0. The summed E-state index contributed by atoms with van der Waals surface area (Å²) in [5.41, 5.74) is -0.742. The van der Waals surface area contributed by atoms with Crippen LogP contribution >= 0.6 is 0 Å². The number of pyridine rings is 1. The smallest absolute Gasteiger partial charge is 0.355 e. The highest BCUT2D eigenvalue weighted by atomic mass is 19.4. The molecule has 0 aliphatic carbocycles. The predicted molar refractivity (Wildman–Crippen MR) is 95.0 cm³/mol. The number of nitrogens with one attached hydrogen (secondary N) is 1. The Morgan fingerprint density at radius 1 is 1.19 bits per heavy atom. The predicted octanol–water partition coefficient (Wildman–Crippen LogP) is 2.77. The lowest BCUT2D eigenvalue weighted by Crippen LogP contribution is -2.47. The van der Waals surface area contributed by atoms with Crippen LogP contribution < -0.4 is 10.2 Å². The molecule has 1 amide bonds. The minimum absolute atomic E-state index is 0.0137. The summed E-state index contributed by atoms with van der Waals surface area (Å²) in [5.74, 6) is 0.952. The normalized spacial score (nSPS) is 17.9. The number of carbonyl (C=O) groups is 1. The van der Waals surface area contributed by atoms with Gasteiger partial charge in [0.1, 0.15) is 5.82 Å². The molecule has 8 heteroatoms. The Morgan fingerprint density at radius 3 is 2.50 bits per heavy atom. The second-order valence-corrected chi connectivity index (χ2v) is 7.09. The molecule has 5 nitrogen and oxygen atoms in total. The summed E-state index contributed by atoms with van der Waals surface area (Å²) in [6.45, 7) is 9.40. The van der Waals surface area contributed by atoms with Crippen LogP contribution in [0.5, 0.6) is 0 Å². The van der Waals surface area contributed by atoms with Crippen molar-refractivity contribution in [2.75, 3.05) is 37.6 Å². The molecule has 0 saturated carbocycles. The first-order valence-electron chi connectivity index (χ1n) is 8.98. The average molecular weight is 372 g/mol. The van der Waals surface area contributed by atoms with Crippen molar-refractivity contribution in [3.05, 3.63) is 23.9 Å². The number of halogens is 3. The lowest BCUT2D eigenvalue weighted by molar-refractivity contribution is -0.137. The van der Waals surface area contributed by atoms with Crippen LogP contribution in [0.25, 0.3) is 0 Å². The molecule has 1 N–H and O–H groups in total. The monoisotopic (exact) mass is 372 g/mol. The maximum absolute atomic E-state index is 12.7. The number of amides is 1. The van der Waals surface area contributed by atoms with E-state index in [9.17, 15) is 18.0 Å². The van der Waals surface area contributed by atoms with Crippen LogP contribution in [-0.4, -0.2) is 54.6 Å². The zero-order valence-electron chi connectivity index (χ0n) is 15.5. The van der Waals surface area contributed by atoms with Crippen LogP contribution in [-0.2, 0) is 11.0 Å². The van der Waals surface area contributed by atoms with Crippen molar-refractivity contribution in [3.8, 4) is 0 Å². The van der Waals surface area contributed by atoms with Crippen molar-refractivity contribution in [2.45, 2.75) is 39.4 Å². The molecule has 1 aromatic heterocycles. The van der Waals surface area contributed by atoms with Crippen molar-refractivity contribution < 1.29 is 18.0 Å². The molecule has 1 atom stereocenters. The minimum Gasteiger partial charge on any atom is -0.355 e. The highest BCUT2D eigenvalue weighted by molar-refractivity contribution is 5.81. The van der Waals surface area contributed by atoms with Gasteiger partial charge in [-0.25, -0.2) is 4.98 Å². The van der Waals surface area contributed by atoms with Crippen LogP contribution in [0.4, 0.5) is 19.0 Å². The Hall–Kier alpha value is -1.83. The third-order valence-corrected chi connectivity index (χ3v) is 4.54. The molecule has 2 rings (SSSR count). The lowest BCUT2D eigenvalue weighted by Gasteiger charge is -2.27. The van der Waals surface area contributed by atoms with E-state index < -0.39 is 11.7 Å². The highest BCUT2D eigenvalue weighted by Gasteiger charge is 2.31. The number of hydrogen-bond donors (Lipinski definition) is 1. The van der Waals surface area contributed by atoms with E-state index in [1.807, 2.05) is 25.7 Å².